The Kier molecular flexibility index (Phi) is 3.44. The van der Waals surface area contributed by atoms with Crippen molar-refractivity contribution in [2.45, 2.75) is 33.6 Å². The van der Waals surface area contributed by atoms with E-state index in [0.29, 0.717) is 17.2 Å². The molecule has 1 saturated heterocycles. The number of anilines is 1. The predicted molar refractivity (Wildman–Crippen MR) is 86.9 cm³/mol. The van der Waals surface area contributed by atoms with Crippen LogP contribution < -0.4 is 15.8 Å². The first-order valence-electron chi connectivity index (χ1n) is 7.65. The van der Waals surface area contributed by atoms with E-state index in [1.54, 1.807) is 0 Å². The molecular weight excluding hydrogens is 262 g/mol. The predicted octanol–water partition coefficient (Wildman–Crippen LogP) is 2.80. The first-order valence-corrected chi connectivity index (χ1v) is 7.65. The molecule has 1 fully saturated rings. The van der Waals surface area contributed by atoms with Crippen molar-refractivity contribution in [3.8, 4) is 11.1 Å². The molecule has 21 heavy (non-hydrogen) atoms. The molecule has 0 radical (unpaired) electrons. The zero-order valence-electron chi connectivity index (χ0n) is 12.9. The summed E-state index contributed by atoms with van der Waals surface area (Å²) in [5.41, 5.74) is 3.87. The molecule has 0 amide bonds. The van der Waals surface area contributed by atoms with Crippen LogP contribution in [-0.4, -0.2) is 13.1 Å². The molecule has 1 heterocycles. The summed E-state index contributed by atoms with van der Waals surface area (Å²) in [7, 11) is 0. The number of piperidine rings is 1. The molecule has 0 unspecified atom stereocenters. The third-order valence-corrected chi connectivity index (χ3v) is 4.78. The Hall–Kier alpha value is -1.90. The maximum absolute atomic E-state index is 12.0. The fourth-order valence-electron chi connectivity index (χ4n) is 3.08. The molecule has 0 bridgehead atoms. The van der Waals surface area contributed by atoms with Crippen LogP contribution in [0.4, 0.5) is 5.69 Å². The van der Waals surface area contributed by atoms with Crippen LogP contribution in [0.1, 0.15) is 30.9 Å². The summed E-state index contributed by atoms with van der Waals surface area (Å²) in [5.74, 6) is 0.706. The fourth-order valence-corrected chi connectivity index (χ4v) is 3.08. The van der Waals surface area contributed by atoms with Crippen molar-refractivity contribution in [2.75, 3.05) is 18.0 Å². The van der Waals surface area contributed by atoms with Crippen molar-refractivity contribution < 1.29 is 0 Å². The number of hydrogen-bond donors (Lipinski definition) is 0. The van der Waals surface area contributed by atoms with Crippen molar-refractivity contribution in [2.24, 2.45) is 5.92 Å². The minimum Gasteiger partial charge on any atom is -0.368 e. The number of nitrogens with zero attached hydrogens (tertiary/aromatic N) is 1. The summed E-state index contributed by atoms with van der Waals surface area (Å²) in [5, 5.41) is 0. The molecule has 0 aromatic heterocycles. The molecule has 1 aliphatic rings. The van der Waals surface area contributed by atoms with Crippen molar-refractivity contribution in [1.82, 2.24) is 0 Å². The standard InChI is InChI=1S/C18H21NO2/c1-11-6-8-19(9-7-11)16-15(17(20)18(16)21)14-5-4-12(2)13(3)10-14/h4-5,10-11H,6-9H2,1-3H3. The average Bonchev–Trinajstić information content (AvgIpc) is 2.48. The summed E-state index contributed by atoms with van der Waals surface area (Å²) in [6.45, 7) is 8.08. The van der Waals surface area contributed by atoms with E-state index >= 15 is 0 Å². The van der Waals surface area contributed by atoms with Crippen LogP contribution in [-0.2, 0) is 0 Å². The van der Waals surface area contributed by atoms with E-state index in [4.69, 9.17) is 0 Å². The fraction of sp³-hybridized carbons (Fsp3) is 0.444. The lowest BCUT2D eigenvalue weighted by Crippen LogP contribution is -2.45. The maximum atomic E-state index is 12.0. The van der Waals surface area contributed by atoms with Gasteiger partial charge in [0.15, 0.2) is 0 Å². The first-order chi connectivity index (χ1) is 9.99. The van der Waals surface area contributed by atoms with E-state index in [1.807, 2.05) is 32.0 Å². The summed E-state index contributed by atoms with van der Waals surface area (Å²) < 4.78 is 0. The summed E-state index contributed by atoms with van der Waals surface area (Å²) in [6.07, 6.45) is 2.18. The van der Waals surface area contributed by atoms with Gasteiger partial charge >= 0.3 is 0 Å². The highest BCUT2D eigenvalue weighted by atomic mass is 16.2. The summed E-state index contributed by atoms with van der Waals surface area (Å²) >= 11 is 0. The Morgan fingerprint density at radius 3 is 2.29 bits per heavy atom. The number of hydrogen-bond acceptors (Lipinski definition) is 3. The van der Waals surface area contributed by atoms with Gasteiger partial charge in [0, 0.05) is 13.1 Å². The van der Waals surface area contributed by atoms with Crippen LogP contribution in [0.2, 0.25) is 0 Å². The van der Waals surface area contributed by atoms with Crippen molar-refractivity contribution in [1.29, 1.82) is 0 Å². The summed E-state index contributed by atoms with van der Waals surface area (Å²) in [4.78, 5) is 26.2. The van der Waals surface area contributed by atoms with Gasteiger partial charge in [-0.3, -0.25) is 9.59 Å². The van der Waals surface area contributed by atoms with Crippen molar-refractivity contribution in [3.05, 3.63) is 49.8 Å². The quantitative estimate of drug-likeness (QED) is 0.795. The molecular formula is C18H21NO2. The largest absolute Gasteiger partial charge is 0.368 e. The van der Waals surface area contributed by atoms with Crippen LogP contribution in [0.25, 0.3) is 11.1 Å². The van der Waals surface area contributed by atoms with Crippen LogP contribution in [0.15, 0.2) is 27.8 Å². The van der Waals surface area contributed by atoms with Gasteiger partial charge in [-0.1, -0.05) is 25.1 Å². The van der Waals surface area contributed by atoms with Crippen LogP contribution in [0.5, 0.6) is 0 Å². The monoisotopic (exact) mass is 283 g/mol. The normalized spacial score (nSPS) is 16.6. The minimum atomic E-state index is -0.327. The topological polar surface area (TPSA) is 37.4 Å². The van der Waals surface area contributed by atoms with Gasteiger partial charge in [-0.15, -0.1) is 0 Å². The molecule has 0 saturated carbocycles. The third kappa shape index (κ3) is 2.31. The van der Waals surface area contributed by atoms with E-state index in [9.17, 15) is 9.59 Å². The second-order valence-corrected chi connectivity index (χ2v) is 6.35. The van der Waals surface area contributed by atoms with Gasteiger partial charge in [0.25, 0.3) is 0 Å². The second-order valence-electron chi connectivity index (χ2n) is 6.35. The Morgan fingerprint density at radius 2 is 1.67 bits per heavy atom. The Balaban J connectivity index is 2.00. The minimum absolute atomic E-state index is 0.308. The SMILES string of the molecule is Cc1ccc(-c2c(N3CCC(C)CC3)c(=O)c2=O)cc1C. The van der Waals surface area contributed by atoms with E-state index in [-0.39, 0.29) is 10.9 Å². The van der Waals surface area contributed by atoms with Gasteiger partial charge in [0.05, 0.1) is 5.56 Å². The van der Waals surface area contributed by atoms with Crippen LogP contribution >= 0.6 is 0 Å². The zero-order chi connectivity index (χ0) is 15.1. The smallest absolute Gasteiger partial charge is 0.250 e. The molecule has 3 nitrogen and oxygen atoms in total. The lowest BCUT2D eigenvalue weighted by Gasteiger charge is -2.33. The second kappa shape index (κ2) is 5.14. The van der Waals surface area contributed by atoms with Crippen molar-refractivity contribution >= 4 is 5.69 Å². The number of aryl methyl sites for hydroxylation is 2. The molecule has 3 rings (SSSR count). The van der Waals surface area contributed by atoms with Gasteiger partial charge < -0.3 is 4.90 Å². The molecule has 0 spiro atoms. The number of rotatable bonds is 2. The van der Waals surface area contributed by atoms with Gasteiger partial charge in [-0.2, -0.15) is 0 Å². The van der Waals surface area contributed by atoms with Gasteiger partial charge in [-0.05, 0) is 49.3 Å². The molecule has 3 heteroatoms. The number of benzene rings is 1. The van der Waals surface area contributed by atoms with Crippen LogP contribution in [0, 0.1) is 19.8 Å². The molecule has 1 aliphatic heterocycles. The molecule has 0 N–H and O–H groups in total. The molecule has 0 aliphatic carbocycles. The van der Waals surface area contributed by atoms with Crippen molar-refractivity contribution in [3.63, 3.8) is 0 Å². The molecule has 0 atom stereocenters. The first kappa shape index (κ1) is 14.1. The lowest BCUT2D eigenvalue weighted by atomic mass is 9.92. The average molecular weight is 283 g/mol. The van der Waals surface area contributed by atoms with E-state index in [1.165, 1.54) is 5.56 Å². The summed E-state index contributed by atoms with van der Waals surface area (Å²) in [6, 6.07) is 5.99. The van der Waals surface area contributed by atoms with E-state index in [2.05, 4.69) is 11.8 Å². The highest BCUT2D eigenvalue weighted by Crippen LogP contribution is 2.30. The zero-order valence-corrected chi connectivity index (χ0v) is 12.9. The molecule has 2 aromatic rings. The third-order valence-electron chi connectivity index (χ3n) is 4.78. The highest BCUT2D eigenvalue weighted by Gasteiger charge is 2.28. The van der Waals surface area contributed by atoms with E-state index < -0.39 is 0 Å². The Labute approximate surface area is 124 Å². The van der Waals surface area contributed by atoms with Gasteiger partial charge in [0.2, 0.25) is 10.9 Å². The van der Waals surface area contributed by atoms with Gasteiger partial charge in [-0.25, -0.2) is 0 Å². The van der Waals surface area contributed by atoms with Gasteiger partial charge in [0.1, 0.15) is 5.69 Å². The maximum Gasteiger partial charge on any atom is 0.250 e. The highest BCUT2D eigenvalue weighted by molar-refractivity contribution is 5.83. The van der Waals surface area contributed by atoms with E-state index in [0.717, 1.165) is 37.1 Å². The Bertz CT molecular complexity index is 745. The molecule has 2 aromatic carbocycles. The Morgan fingerprint density at radius 1 is 1.00 bits per heavy atom. The molecule has 110 valence electrons. The lowest BCUT2D eigenvalue weighted by molar-refractivity contribution is 0.437. The van der Waals surface area contributed by atoms with Crippen LogP contribution in [0.3, 0.4) is 0 Å².